The Morgan fingerprint density at radius 3 is 2.88 bits per heavy atom. The van der Waals surface area contributed by atoms with Crippen LogP contribution in [0.3, 0.4) is 0 Å². The van der Waals surface area contributed by atoms with Crippen LogP contribution in [0, 0.1) is 5.92 Å². The van der Waals surface area contributed by atoms with Crippen molar-refractivity contribution >= 4 is 15.9 Å². The summed E-state index contributed by atoms with van der Waals surface area (Å²) >= 11 is 3.62. The topological polar surface area (TPSA) is 29.3 Å². The lowest BCUT2D eigenvalue weighted by Crippen LogP contribution is -2.45. The maximum Gasteiger partial charge on any atom is 0.0248 e. The number of halogens is 1. The zero-order chi connectivity index (χ0) is 12.3. The number of rotatable bonds is 3. The highest BCUT2D eigenvalue weighted by Gasteiger charge is 2.25. The molecule has 0 spiro atoms. The summed E-state index contributed by atoms with van der Waals surface area (Å²) in [4.78, 5) is 2.53. The third-order valence-corrected chi connectivity index (χ3v) is 4.48. The van der Waals surface area contributed by atoms with Crippen LogP contribution in [0.5, 0.6) is 0 Å². The van der Waals surface area contributed by atoms with E-state index >= 15 is 0 Å². The summed E-state index contributed by atoms with van der Waals surface area (Å²) < 4.78 is 1.20. The van der Waals surface area contributed by atoms with Crippen LogP contribution in [0.25, 0.3) is 0 Å². The molecule has 1 saturated heterocycles. The van der Waals surface area contributed by atoms with E-state index in [1.54, 1.807) is 0 Å². The van der Waals surface area contributed by atoms with Crippen LogP contribution >= 0.6 is 15.9 Å². The van der Waals surface area contributed by atoms with Gasteiger partial charge in [0.1, 0.15) is 0 Å². The Balaban J connectivity index is 2.05. The number of likely N-dealkylation sites (tertiary alicyclic amines) is 1. The van der Waals surface area contributed by atoms with Crippen molar-refractivity contribution in [3.63, 3.8) is 0 Å². The molecule has 1 aliphatic rings. The van der Waals surface area contributed by atoms with Gasteiger partial charge in [0.15, 0.2) is 0 Å². The second kappa shape index (κ2) is 5.98. The first-order valence-electron chi connectivity index (χ1n) is 6.38. The number of hydrogen-bond acceptors (Lipinski definition) is 2. The van der Waals surface area contributed by atoms with E-state index in [9.17, 15) is 0 Å². The highest BCUT2D eigenvalue weighted by Crippen LogP contribution is 2.25. The Hall–Kier alpha value is -0.380. The van der Waals surface area contributed by atoms with Crippen molar-refractivity contribution in [3.05, 3.63) is 34.3 Å². The van der Waals surface area contributed by atoms with E-state index in [1.165, 1.54) is 29.4 Å². The van der Waals surface area contributed by atoms with Crippen molar-refractivity contribution in [2.45, 2.75) is 32.4 Å². The number of hydrogen-bond donors (Lipinski definition) is 1. The number of piperidine rings is 1. The molecule has 0 saturated carbocycles. The van der Waals surface area contributed by atoms with Crippen LogP contribution in [0.4, 0.5) is 0 Å². The summed E-state index contributed by atoms with van der Waals surface area (Å²) in [5, 5.41) is 0. The number of nitrogens with two attached hydrogens (primary N) is 1. The van der Waals surface area contributed by atoms with Gasteiger partial charge in [0, 0.05) is 23.6 Å². The number of benzene rings is 1. The summed E-state index contributed by atoms with van der Waals surface area (Å²) in [7, 11) is 0. The summed E-state index contributed by atoms with van der Waals surface area (Å²) in [5.74, 6) is 0.819. The molecule has 1 aromatic carbocycles. The maximum atomic E-state index is 5.89. The lowest BCUT2D eigenvalue weighted by atomic mass is 9.92. The molecule has 2 nitrogen and oxygen atoms in total. The first-order valence-corrected chi connectivity index (χ1v) is 7.17. The van der Waals surface area contributed by atoms with Gasteiger partial charge in [0.05, 0.1) is 0 Å². The molecule has 2 atom stereocenters. The molecule has 17 heavy (non-hydrogen) atoms. The molecular formula is C14H21BrN2. The van der Waals surface area contributed by atoms with E-state index in [1.807, 2.05) is 0 Å². The Morgan fingerprint density at radius 1 is 1.41 bits per heavy atom. The van der Waals surface area contributed by atoms with E-state index in [2.05, 4.69) is 52.0 Å². The fraction of sp³-hybridized carbons (Fsp3) is 0.571. The molecule has 0 bridgehead atoms. The van der Waals surface area contributed by atoms with Crippen LogP contribution in [0.1, 0.15) is 25.3 Å². The molecule has 1 heterocycles. The van der Waals surface area contributed by atoms with Crippen molar-refractivity contribution in [2.24, 2.45) is 11.7 Å². The van der Waals surface area contributed by atoms with Gasteiger partial charge in [-0.25, -0.2) is 0 Å². The van der Waals surface area contributed by atoms with Gasteiger partial charge in [0.25, 0.3) is 0 Å². The van der Waals surface area contributed by atoms with Gasteiger partial charge in [-0.05, 0) is 36.9 Å². The highest BCUT2D eigenvalue weighted by atomic mass is 79.9. The van der Waals surface area contributed by atoms with Crippen molar-refractivity contribution in [1.29, 1.82) is 0 Å². The second-order valence-corrected chi connectivity index (χ2v) is 5.94. The summed E-state index contributed by atoms with van der Waals surface area (Å²) in [6.07, 6.45) is 2.53. The van der Waals surface area contributed by atoms with E-state index in [0.29, 0.717) is 6.04 Å². The molecule has 0 aromatic heterocycles. The van der Waals surface area contributed by atoms with Crippen LogP contribution in [-0.4, -0.2) is 24.0 Å². The lowest BCUT2D eigenvalue weighted by molar-refractivity contribution is 0.115. The third kappa shape index (κ3) is 3.30. The molecule has 94 valence electrons. The predicted octanol–water partition coefficient (Wildman–Crippen LogP) is 3.01. The van der Waals surface area contributed by atoms with Crippen LogP contribution in [0.2, 0.25) is 0 Å². The lowest BCUT2D eigenvalue weighted by Gasteiger charge is -2.38. The SMILES string of the molecule is CC1CCN(Cc2ccccc2Br)C(CN)C1. The van der Waals surface area contributed by atoms with Crippen LogP contribution in [-0.2, 0) is 6.54 Å². The quantitative estimate of drug-likeness (QED) is 0.929. The molecule has 1 fully saturated rings. The zero-order valence-corrected chi connectivity index (χ0v) is 12.0. The molecule has 0 aliphatic carbocycles. The molecular weight excluding hydrogens is 276 g/mol. The smallest absolute Gasteiger partial charge is 0.0248 e. The van der Waals surface area contributed by atoms with Crippen molar-refractivity contribution < 1.29 is 0 Å². The van der Waals surface area contributed by atoms with Gasteiger partial charge in [-0.15, -0.1) is 0 Å². The first-order chi connectivity index (χ1) is 8.20. The Labute approximate surface area is 112 Å². The molecule has 1 aromatic rings. The monoisotopic (exact) mass is 296 g/mol. The first kappa shape index (κ1) is 13.1. The van der Waals surface area contributed by atoms with Gasteiger partial charge in [0.2, 0.25) is 0 Å². The zero-order valence-electron chi connectivity index (χ0n) is 10.4. The minimum absolute atomic E-state index is 0.547. The molecule has 1 aliphatic heterocycles. The summed E-state index contributed by atoms with van der Waals surface area (Å²) in [6, 6.07) is 9.01. The predicted molar refractivity (Wildman–Crippen MR) is 75.8 cm³/mol. The van der Waals surface area contributed by atoms with Gasteiger partial charge < -0.3 is 5.73 Å². The van der Waals surface area contributed by atoms with Crippen LogP contribution in [0.15, 0.2) is 28.7 Å². The van der Waals surface area contributed by atoms with Gasteiger partial charge >= 0.3 is 0 Å². The highest BCUT2D eigenvalue weighted by molar-refractivity contribution is 9.10. The Morgan fingerprint density at radius 2 is 2.18 bits per heavy atom. The number of nitrogens with zero attached hydrogens (tertiary/aromatic N) is 1. The van der Waals surface area contributed by atoms with E-state index in [0.717, 1.165) is 19.0 Å². The maximum absolute atomic E-state index is 5.89. The van der Waals surface area contributed by atoms with E-state index in [-0.39, 0.29) is 0 Å². The van der Waals surface area contributed by atoms with Gasteiger partial charge in [-0.2, -0.15) is 0 Å². The minimum Gasteiger partial charge on any atom is -0.329 e. The standard InChI is InChI=1S/C14H21BrN2/c1-11-6-7-17(13(8-11)9-16)10-12-4-2-3-5-14(12)15/h2-5,11,13H,6-10,16H2,1H3. The largest absolute Gasteiger partial charge is 0.329 e. The second-order valence-electron chi connectivity index (χ2n) is 5.08. The van der Waals surface area contributed by atoms with Crippen molar-refractivity contribution in [3.8, 4) is 0 Å². The summed E-state index contributed by atoms with van der Waals surface area (Å²) in [5.41, 5.74) is 7.26. The Bertz CT molecular complexity index is 367. The molecule has 2 rings (SSSR count). The average Bonchev–Trinajstić information content (AvgIpc) is 2.34. The molecule has 2 unspecified atom stereocenters. The Kier molecular flexibility index (Phi) is 4.60. The fourth-order valence-electron chi connectivity index (χ4n) is 2.60. The van der Waals surface area contributed by atoms with Gasteiger partial charge in [-0.3, -0.25) is 4.90 Å². The molecule has 0 amide bonds. The average molecular weight is 297 g/mol. The van der Waals surface area contributed by atoms with E-state index < -0.39 is 0 Å². The molecule has 0 radical (unpaired) electrons. The molecule has 3 heteroatoms. The van der Waals surface area contributed by atoms with Crippen molar-refractivity contribution in [2.75, 3.05) is 13.1 Å². The minimum atomic E-state index is 0.547. The third-order valence-electron chi connectivity index (χ3n) is 3.70. The van der Waals surface area contributed by atoms with E-state index in [4.69, 9.17) is 5.73 Å². The van der Waals surface area contributed by atoms with Crippen molar-refractivity contribution in [1.82, 2.24) is 4.90 Å². The molecule has 2 N–H and O–H groups in total. The van der Waals surface area contributed by atoms with Crippen LogP contribution < -0.4 is 5.73 Å². The normalized spacial score (nSPS) is 26.1. The summed E-state index contributed by atoms with van der Waals surface area (Å²) in [6.45, 7) is 5.29. The fourth-order valence-corrected chi connectivity index (χ4v) is 3.01. The van der Waals surface area contributed by atoms with Gasteiger partial charge in [-0.1, -0.05) is 41.1 Å².